The highest BCUT2D eigenvalue weighted by atomic mass is 35.5. The van der Waals surface area contributed by atoms with Gasteiger partial charge < -0.3 is 29.8 Å². The molecule has 1 aliphatic rings. The normalized spacial score (nSPS) is 13.4. The molecule has 1 saturated heterocycles. The van der Waals surface area contributed by atoms with E-state index in [0.717, 1.165) is 37.6 Å². The number of hydrogen-bond donors (Lipinski definition) is 3. The molecule has 4 aromatic rings. The van der Waals surface area contributed by atoms with Gasteiger partial charge in [0.2, 0.25) is 5.91 Å². The van der Waals surface area contributed by atoms with Gasteiger partial charge >= 0.3 is 12.0 Å². The van der Waals surface area contributed by atoms with Gasteiger partial charge in [-0.1, -0.05) is 23.7 Å². The van der Waals surface area contributed by atoms with Crippen molar-refractivity contribution in [3.05, 3.63) is 59.6 Å². The van der Waals surface area contributed by atoms with E-state index in [2.05, 4.69) is 37.3 Å². The predicted molar refractivity (Wildman–Crippen MR) is 144 cm³/mol. The number of aromatic amines is 1. The highest BCUT2D eigenvalue weighted by Crippen LogP contribution is 2.31. The zero-order valence-corrected chi connectivity index (χ0v) is 21.2. The number of nitrogens with zero attached hydrogens (tertiary/aromatic N) is 3. The fraction of sp³-hybridized carbons (Fsp3) is 0.259. The zero-order chi connectivity index (χ0) is 26.5. The number of H-pyrrole nitrogens is 1. The smallest absolute Gasteiger partial charge is 0.303 e. The molecule has 0 atom stereocenters. The van der Waals surface area contributed by atoms with E-state index in [9.17, 15) is 9.59 Å². The van der Waals surface area contributed by atoms with Crippen LogP contribution in [0.3, 0.4) is 0 Å². The Balaban J connectivity index is 1.25. The van der Waals surface area contributed by atoms with Gasteiger partial charge in [-0.3, -0.25) is 9.59 Å². The Morgan fingerprint density at radius 1 is 1.05 bits per heavy atom. The number of amides is 1. The van der Waals surface area contributed by atoms with Crippen LogP contribution in [0.25, 0.3) is 22.4 Å². The molecule has 38 heavy (non-hydrogen) atoms. The van der Waals surface area contributed by atoms with Crippen LogP contribution in [0.1, 0.15) is 19.3 Å². The number of morpholine rings is 1. The molecule has 0 radical (unpaired) electrons. The number of aliphatic carboxylic acids is 1. The molecule has 1 fully saturated rings. The van der Waals surface area contributed by atoms with Crippen molar-refractivity contribution in [2.24, 2.45) is 0 Å². The number of carbonyl (C=O) groups is 2. The number of halogens is 1. The molecule has 0 bridgehead atoms. The van der Waals surface area contributed by atoms with Crippen molar-refractivity contribution in [1.82, 2.24) is 15.0 Å². The topological polar surface area (TPSA) is 130 Å². The lowest BCUT2D eigenvalue weighted by Crippen LogP contribution is -2.36. The molecule has 0 aliphatic carbocycles. The minimum atomic E-state index is -0.920. The van der Waals surface area contributed by atoms with Crippen molar-refractivity contribution in [1.29, 1.82) is 0 Å². The molecular weight excluding hydrogens is 510 g/mol. The van der Waals surface area contributed by atoms with Gasteiger partial charge in [0, 0.05) is 42.9 Å². The second-order valence-corrected chi connectivity index (χ2v) is 9.21. The first-order chi connectivity index (χ1) is 18.4. The van der Waals surface area contributed by atoms with Crippen LogP contribution >= 0.6 is 11.6 Å². The number of pyridine rings is 1. The van der Waals surface area contributed by atoms with Crippen LogP contribution in [-0.4, -0.2) is 58.2 Å². The molecule has 3 N–H and O–H groups in total. The predicted octanol–water partition coefficient (Wildman–Crippen LogP) is 5.10. The van der Waals surface area contributed by atoms with Gasteiger partial charge in [0.05, 0.1) is 29.4 Å². The molecular formula is C27H26ClN5O5. The number of carbonyl (C=O) groups excluding carboxylic acids is 1. The first kappa shape index (κ1) is 25.5. The van der Waals surface area contributed by atoms with Gasteiger partial charge in [0.1, 0.15) is 5.75 Å². The third-order valence-corrected chi connectivity index (χ3v) is 6.36. The number of aromatic nitrogens is 3. The summed E-state index contributed by atoms with van der Waals surface area (Å²) < 4.78 is 11.3. The van der Waals surface area contributed by atoms with E-state index >= 15 is 0 Å². The Hall–Kier alpha value is -4.15. The van der Waals surface area contributed by atoms with Gasteiger partial charge in [0.25, 0.3) is 0 Å². The number of anilines is 2. The van der Waals surface area contributed by atoms with Crippen molar-refractivity contribution in [2.45, 2.75) is 19.3 Å². The van der Waals surface area contributed by atoms with Crippen LogP contribution in [0, 0.1) is 0 Å². The van der Waals surface area contributed by atoms with E-state index in [-0.39, 0.29) is 31.2 Å². The highest BCUT2D eigenvalue weighted by molar-refractivity contribution is 6.33. The number of nitrogens with one attached hydrogen (secondary N) is 2. The average molecular weight is 536 g/mol. The van der Waals surface area contributed by atoms with E-state index in [1.807, 2.05) is 12.1 Å². The van der Waals surface area contributed by atoms with Crippen molar-refractivity contribution in [3.8, 4) is 23.0 Å². The van der Waals surface area contributed by atoms with Gasteiger partial charge in [0.15, 0.2) is 5.65 Å². The third kappa shape index (κ3) is 6.21. The summed E-state index contributed by atoms with van der Waals surface area (Å²) >= 11 is 6.56. The van der Waals surface area contributed by atoms with E-state index in [4.69, 9.17) is 26.2 Å². The SMILES string of the molecule is O=C(O)CCCC(=O)Nc1ccc(Oc2nc3nc(-c4ccc(N5CCOCC5)cc4)c(Cl)cc3[nH]2)cc1. The number of hydrogen-bond acceptors (Lipinski definition) is 7. The third-order valence-electron chi connectivity index (χ3n) is 6.07. The van der Waals surface area contributed by atoms with Gasteiger partial charge in [-0.15, -0.1) is 0 Å². The second kappa shape index (κ2) is 11.5. The number of carboxylic acids is 1. The van der Waals surface area contributed by atoms with Crippen molar-refractivity contribution in [2.75, 3.05) is 36.5 Å². The van der Waals surface area contributed by atoms with Crippen LogP contribution in [0.2, 0.25) is 5.02 Å². The lowest BCUT2D eigenvalue weighted by atomic mass is 10.1. The largest absolute Gasteiger partial charge is 0.481 e. The molecule has 1 aliphatic heterocycles. The van der Waals surface area contributed by atoms with Gasteiger partial charge in [-0.05, 0) is 48.9 Å². The lowest BCUT2D eigenvalue weighted by molar-refractivity contribution is -0.137. The van der Waals surface area contributed by atoms with Gasteiger partial charge in [-0.2, -0.15) is 4.98 Å². The minimum Gasteiger partial charge on any atom is -0.481 e. The van der Waals surface area contributed by atoms with Crippen LogP contribution in [0.5, 0.6) is 11.8 Å². The molecule has 0 spiro atoms. The summed E-state index contributed by atoms with van der Waals surface area (Å²) in [7, 11) is 0. The standard InChI is InChI=1S/C27H26ClN5O5/c28-21-16-22-26(31-25(21)17-4-8-19(9-5-17)33-12-14-37-15-13-33)32-27(30-22)38-20-10-6-18(7-11-20)29-23(34)2-1-3-24(35)36/h4-11,16H,1-3,12-15H2,(H,29,34)(H,35,36)(H,30,31,32). The van der Waals surface area contributed by atoms with E-state index in [1.54, 1.807) is 30.3 Å². The van der Waals surface area contributed by atoms with Gasteiger partial charge in [-0.25, -0.2) is 4.98 Å². The zero-order valence-electron chi connectivity index (χ0n) is 20.4. The number of carboxylic acid groups (broad SMARTS) is 1. The van der Waals surface area contributed by atoms with E-state index in [0.29, 0.717) is 33.3 Å². The number of fused-ring (bicyclic) bond motifs is 1. The number of imidazole rings is 1. The quantitative estimate of drug-likeness (QED) is 0.270. The first-order valence-corrected chi connectivity index (χ1v) is 12.6. The molecule has 10 nitrogen and oxygen atoms in total. The molecule has 2 aromatic heterocycles. The molecule has 0 unspecified atom stereocenters. The minimum absolute atomic E-state index is 0.0412. The van der Waals surface area contributed by atoms with Crippen LogP contribution in [-0.2, 0) is 14.3 Å². The lowest BCUT2D eigenvalue weighted by Gasteiger charge is -2.28. The Labute approximate surface area is 223 Å². The summed E-state index contributed by atoms with van der Waals surface area (Å²) in [6.45, 7) is 3.19. The first-order valence-electron chi connectivity index (χ1n) is 12.2. The molecule has 0 saturated carbocycles. The molecule has 2 aromatic carbocycles. The fourth-order valence-electron chi connectivity index (χ4n) is 4.14. The summed E-state index contributed by atoms with van der Waals surface area (Å²) in [6, 6.07) is 16.9. The van der Waals surface area contributed by atoms with Crippen LogP contribution in [0.15, 0.2) is 54.6 Å². The monoisotopic (exact) mass is 535 g/mol. The molecule has 3 heterocycles. The number of ether oxygens (including phenoxy) is 2. The Bertz CT molecular complexity index is 1430. The summed E-state index contributed by atoms with van der Waals surface area (Å²) in [5.74, 6) is -0.652. The van der Waals surface area contributed by atoms with Crippen molar-refractivity contribution >= 4 is 46.0 Å². The Kier molecular flexibility index (Phi) is 7.71. The summed E-state index contributed by atoms with van der Waals surface area (Å²) in [5, 5.41) is 11.9. The van der Waals surface area contributed by atoms with Crippen molar-refractivity contribution in [3.63, 3.8) is 0 Å². The molecule has 196 valence electrons. The summed E-state index contributed by atoms with van der Waals surface area (Å²) in [4.78, 5) is 37.0. The Morgan fingerprint density at radius 2 is 1.79 bits per heavy atom. The van der Waals surface area contributed by atoms with E-state index < -0.39 is 5.97 Å². The number of rotatable bonds is 9. The number of benzene rings is 2. The highest BCUT2D eigenvalue weighted by Gasteiger charge is 2.15. The maximum atomic E-state index is 11.9. The maximum Gasteiger partial charge on any atom is 0.303 e. The average Bonchev–Trinajstić information content (AvgIpc) is 3.30. The Morgan fingerprint density at radius 3 is 2.50 bits per heavy atom. The maximum absolute atomic E-state index is 11.9. The van der Waals surface area contributed by atoms with Crippen molar-refractivity contribution < 1.29 is 24.2 Å². The van der Waals surface area contributed by atoms with Crippen LogP contribution in [0.4, 0.5) is 11.4 Å². The van der Waals surface area contributed by atoms with E-state index in [1.165, 1.54) is 0 Å². The van der Waals surface area contributed by atoms with Crippen LogP contribution < -0.4 is 15.0 Å². The summed E-state index contributed by atoms with van der Waals surface area (Å²) in [6.07, 6.45) is 0.382. The molecule has 1 amide bonds. The molecule has 11 heteroatoms. The second-order valence-electron chi connectivity index (χ2n) is 8.80. The molecule has 5 rings (SSSR count). The summed E-state index contributed by atoms with van der Waals surface area (Å²) in [5.41, 5.74) is 4.36. The fourth-order valence-corrected chi connectivity index (χ4v) is 4.40.